The highest BCUT2D eigenvalue weighted by atomic mass is 19.4. The van der Waals surface area contributed by atoms with Gasteiger partial charge in [-0.1, -0.05) is 24.3 Å². The van der Waals surface area contributed by atoms with Gasteiger partial charge in [-0.15, -0.1) is 0 Å². The van der Waals surface area contributed by atoms with Gasteiger partial charge in [-0.2, -0.15) is 13.2 Å². The van der Waals surface area contributed by atoms with Crippen molar-refractivity contribution in [3.8, 4) is 0 Å². The van der Waals surface area contributed by atoms with E-state index in [2.05, 4.69) is 10.3 Å². The van der Waals surface area contributed by atoms with Gasteiger partial charge in [-0.3, -0.25) is 14.6 Å². The average Bonchev–Trinajstić information content (AvgIpc) is 2.54. The quantitative estimate of drug-likeness (QED) is 0.874. The molecular formula is C16H14F3N3O2. The molecule has 0 saturated heterocycles. The number of amides is 2. The Labute approximate surface area is 135 Å². The van der Waals surface area contributed by atoms with Crippen molar-refractivity contribution in [1.29, 1.82) is 0 Å². The fourth-order valence-corrected chi connectivity index (χ4v) is 2.15. The summed E-state index contributed by atoms with van der Waals surface area (Å²) in [6.07, 6.45) is -3.56. The largest absolute Gasteiger partial charge is 0.416 e. The van der Waals surface area contributed by atoms with Crippen LogP contribution in [-0.4, -0.2) is 22.8 Å². The fraction of sp³-hybridized carbons (Fsp3) is 0.188. The molecule has 0 spiro atoms. The van der Waals surface area contributed by atoms with Crippen molar-refractivity contribution in [2.45, 2.75) is 18.6 Å². The topological polar surface area (TPSA) is 85.1 Å². The van der Waals surface area contributed by atoms with E-state index in [9.17, 15) is 22.8 Å². The van der Waals surface area contributed by atoms with Crippen LogP contribution in [0.1, 0.15) is 21.6 Å². The van der Waals surface area contributed by atoms with Crippen molar-refractivity contribution in [2.24, 2.45) is 5.73 Å². The van der Waals surface area contributed by atoms with Gasteiger partial charge in [0.2, 0.25) is 5.91 Å². The summed E-state index contributed by atoms with van der Waals surface area (Å²) in [5.41, 5.74) is 4.25. The van der Waals surface area contributed by atoms with Crippen LogP contribution >= 0.6 is 0 Å². The molecule has 1 atom stereocenters. The minimum absolute atomic E-state index is 0.0351. The molecule has 3 N–H and O–H groups in total. The van der Waals surface area contributed by atoms with Gasteiger partial charge in [0.1, 0.15) is 11.7 Å². The molecule has 2 aromatic rings. The third-order valence-electron chi connectivity index (χ3n) is 3.29. The number of carbonyl (C=O) groups excluding carboxylic acids is 2. The molecule has 5 nitrogen and oxygen atoms in total. The van der Waals surface area contributed by atoms with Crippen LogP contribution in [-0.2, 0) is 17.4 Å². The molecule has 126 valence electrons. The second kappa shape index (κ2) is 7.12. The van der Waals surface area contributed by atoms with E-state index in [-0.39, 0.29) is 17.7 Å². The maximum absolute atomic E-state index is 13.0. The van der Waals surface area contributed by atoms with Crippen molar-refractivity contribution in [2.75, 3.05) is 0 Å². The van der Waals surface area contributed by atoms with Gasteiger partial charge in [0.15, 0.2) is 0 Å². The number of carbonyl (C=O) groups is 2. The van der Waals surface area contributed by atoms with E-state index in [1.807, 2.05) is 0 Å². The second-order valence-corrected chi connectivity index (χ2v) is 5.00. The molecule has 8 heteroatoms. The number of pyridine rings is 1. The van der Waals surface area contributed by atoms with Crippen molar-refractivity contribution in [3.63, 3.8) is 0 Å². The summed E-state index contributed by atoms with van der Waals surface area (Å²) in [4.78, 5) is 27.4. The number of alkyl halides is 3. The van der Waals surface area contributed by atoms with E-state index in [0.29, 0.717) is 0 Å². The van der Waals surface area contributed by atoms with E-state index in [1.165, 1.54) is 30.5 Å². The van der Waals surface area contributed by atoms with Crippen LogP contribution in [0, 0.1) is 0 Å². The van der Waals surface area contributed by atoms with E-state index in [4.69, 9.17) is 5.73 Å². The second-order valence-electron chi connectivity index (χ2n) is 5.00. The van der Waals surface area contributed by atoms with Crippen LogP contribution in [0.25, 0.3) is 0 Å². The maximum Gasteiger partial charge on any atom is 0.416 e. The molecule has 0 unspecified atom stereocenters. The molecule has 24 heavy (non-hydrogen) atoms. The predicted octanol–water partition coefficient (Wildman–Crippen LogP) is 1.93. The molecule has 2 rings (SSSR count). The number of halogens is 3. The normalized spacial score (nSPS) is 12.5. The molecule has 0 aliphatic heterocycles. The minimum Gasteiger partial charge on any atom is -0.368 e. The summed E-state index contributed by atoms with van der Waals surface area (Å²) in [5.74, 6) is -1.62. The highest BCUT2D eigenvalue weighted by molar-refractivity contribution is 5.95. The van der Waals surface area contributed by atoms with Gasteiger partial charge >= 0.3 is 6.18 Å². The standard InChI is InChI=1S/C16H14F3N3O2/c17-16(18,19)11-6-2-1-5-10(11)9-13(14(20)23)22-15(24)12-7-3-4-8-21-12/h1-8,13H,9H2,(H2,20,23)(H,22,24)/t13-/m1/s1. The number of benzene rings is 1. The molecule has 0 saturated carbocycles. The first kappa shape index (κ1) is 17.5. The molecule has 0 aliphatic carbocycles. The minimum atomic E-state index is -4.57. The first-order valence-corrected chi connectivity index (χ1v) is 6.95. The highest BCUT2D eigenvalue weighted by Crippen LogP contribution is 2.32. The van der Waals surface area contributed by atoms with E-state index >= 15 is 0 Å². The van der Waals surface area contributed by atoms with Crippen LogP contribution in [0.15, 0.2) is 48.7 Å². The first-order chi connectivity index (χ1) is 11.3. The summed E-state index contributed by atoms with van der Waals surface area (Å²) in [7, 11) is 0. The van der Waals surface area contributed by atoms with Crippen LogP contribution in [0.2, 0.25) is 0 Å². The summed E-state index contributed by atoms with van der Waals surface area (Å²) in [6, 6.07) is 8.11. The fourth-order valence-electron chi connectivity index (χ4n) is 2.15. The lowest BCUT2D eigenvalue weighted by Crippen LogP contribution is -2.46. The Balaban J connectivity index is 2.22. The van der Waals surface area contributed by atoms with E-state index in [0.717, 1.165) is 6.07 Å². The zero-order valence-electron chi connectivity index (χ0n) is 12.4. The lowest BCUT2D eigenvalue weighted by atomic mass is 9.99. The lowest BCUT2D eigenvalue weighted by Gasteiger charge is -2.18. The number of primary amides is 1. The third kappa shape index (κ3) is 4.31. The molecule has 1 heterocycles. The number of hydrogen-bond acceptors (Lipinski definition) is 3. The van der Waals surface area contributed by atoms with E-state index in [1.54, 1.807) is 12.1 Å². The molecule has 1 aromatic heterocycles. The maximum atomic E-state index is 13.0. The summed E-state index contributed by atoms with van der Waals surface area (Å²) in [5, 5.41) is 2.32. The van der Waals surface area contributed by atoms with Gasteiger partial charge < -0.3 is 11.1 Å². The molecule has 0 radical (unpaired) electrons. The Morgan fingerprint density at radius 1 is 1.12 bits per heavy atom. The van der Waals surface area contributed by atoms with Crippen LogP contribution in [0.4, 0.5) is 13.2 Å². The Morgan fingerprint density at radius 2 is 1.79 bits per heavy atom. The van der Waals surface area contributed by atoms with E-state index < -0.39 is 29.6 Å². The molecule has 1 aromatic carbocycles. The van der Waals surface area contributed by atoms with Gasteiger partial charge in [0.25, 0.3) is 5.91 Å². The number of nitrogens with zero attached hydrogens (tertiary/aromatic N) is 1. The third-order valence-corrected chi connectivity index (χ3v) is 3.29. The smallest absolute Gasteiger partial charge is 0.368 e. The number of nitrogens with one attached hydrogen (secondary N) is 1. The Morgan fingerprint density at radius 3 is 2.38 bits per heavy atom. The van der Waals surface area contributed by atoms with Crippen molar-refractivity contribution in [1.82, 2.24) is 10.3 Å². The Bertz CT molecular complexity index is 733. The average molecular weight is 337 g/mol. The SMILES string of the molecule is NC(=O)[C@@H](Cc1ccccc1C(F)(F)F)NC(=O)c1ccccn1. The van der Waals surface area contributed by atoms with Crippen molar-refractivity contribution < 1.29 is 22.8 Å². The number of nitrogens with two attached hydrogens (primary N) is 1. The molecule has 2 amide bonds. The number of aromatic nitrogens is 1. The Kier molecular flexibility index (Phi) is 5.18. The lowest BCUT2D eigenvalue weighted by molar-refractivity contribution is -0.138. The predicted molar refractivity (Wildman–Crippen MR) is 79.8 cm³/mol. The zero-order chi connectivity index (χ0) is 17.7. The number of hydrogen-bond donors (Lipinski definition) is 2. The summed E-state index contributed by atoms with van der Waals surface area (Å²) < 4.78 is 39.0. The van der Waals surface area contributed by atoms with Gasteiger partial charge in [0.05, 0.1) is 5.56 Å². The Hall–Kier alpha value is -2.90. The number of rotatable bonds is 5. The molecule has 0 aliphatic rings. The van der Waals surface area contributed by atoms with Gasteiger partial charge in [0, 0.05) is 12.6 Å². The van der Waals surface area contributed by atoms with Crippen molar-refractivity contribution >= 4 is 11.8 Å². The summed E-state index contributed by atoms with van der Waals surface area (Å²) >= 11 is 0. The molecule has 0 fully saturated rings. The van der Waals surface area contributed by atoms with Crippen LogP contribution < -0.4 is 11.1 Å². The van der Waals surface area contributed by atoms with Crippen molar-refractivity contribution in [3.05, 3.63) is 65.5 Å². The summed E-state index contributed by atoms with van der Waals surface area (Å²) in [6.45, 7) is 0. The monoisotopic (exact) mass is 337 g/mol. The highest BCUT2D eigenvalue weighted by Gasteiger charge is 2.34. The molecule has 0 bridgehead atoms. The van der Waals surface area contributed by atoms with Gasteiger partial charge in [-0.25, -0.2) is 0 Å². The van der Waals surface area contributed by atoms with Crippen LogP contribution in [0.5, 0.6) is 0 Å². The van der Waals surface area contributed by atoms with Crippen LogP contribution in [0.3, 0.4) is 0 Å². The zero-order valence-corrected chi connectivity index (χ0v) is 12.4. The first-order valence-electron chi connectivity index (χ1n) is 6.95. The molecular weight excluding hydrogens is 323 g/mol. The van der Waals surface area contributed by atoms with Gasteiger partial charge in [-0.05, 0) is 23.8 Å².